The van der Waals surface area contributed by atoms with E-state index < -0.39 is 0 Å². The van der Waals surface area contributed by atoms with Crippen LogP contribution < -0.4 is 5.59 Å². The van der Waals surface area contributed by atoms with Gasteiger partial charge in [0.05, 0.1) is 0 Å². The molecule has 0 aliphatic rings. The Bertz CT molecular complexity index is 257. The number of aromatic nitrogens is 1. The molecule has 0 amide bonds. The minimum Gasteiger partial charge on any atom is -0.349 e. The van der Waals surface area contributed by atoms with Crippen LogP contribution in [-0.4, -0.2) is 26.0 Å². The van der Waals surface area contributed by atoms with Gasteiger partial charge in [-0.1, -0.05) is 12.1 Å². The van der Waals surface area contributed by atoms with E-state index in [0.29, 0.717) is 18.8 Å². The molecule has 1 aromatic rings. The van der Waals surface area contributed by atoms with Crippen molar-refractivity contribution < 1.29 is 9.47 Å². The molecular formula is C10H14BNO2. The molecule has 2 radical (unpaired) electrons. The molecule has 0 aliphatic heterocycles. The van der Waals surface area contributed by atoms with E-state index >= 15 is 0 Å². The summed E-state index contributed by atoms with van der Waals surface area (Å²) in [4.78, 5) is 3.98. The van der Waals surface area contributed by atoms with Crippen molar-refractivity contribution in [3.8, 4) is 0 Å². The average molecular weight is 191 g/mol. The number of hydrogen-bond donors (Lipinski definition) is 0. The molecule has 14 heavy (non-hydrogen) atoms. The zero-order valence-corrected chi connectivity index (χ0v) is 8.56. The lowest BCUT2D eigenvalue weighted by Crippen LogP contribution is -2.13. The van der Waals surface area contributed by atoms with E-state index in [2.05, 4.69) is 4.98 Å². The van der Waals surface area contributed by atoms with Gasteiger partial charge in [0.2, 0.25) is 0 Å². The fourth-order valence-electron chi connectivity index (χ4n) is 1.10. The lowest BCUT2D eigenvalue weighted by atomic mass is 10.0. The van der Waals surface area contributed by atoms with Gasteiger partial charge in [-0.3, -0.25) is 4.98 Å². The van der Waals surface area contributed by atoms with Crippen molar-refractivity contribution in [2.75, 3.05) is 13.2 Å². The summed E-state index contributed by atoms with van der Waals surface area (Å²) in [6.45, 7) is 5.07. The highest BCUT2D eigenvalue weighted by atomic mass is 16.7. The van der Waals surface area contributed by atoms with Crippen LogP contribution in [-0.2, 0) is 9.47 Å². The van der Waals surface area contributed by atoms with E-state index in [9.17, 15) is 0 Å². The number of pyridine rings is 1. The van der Waals surface area contributed by atoms with Crippen LogP contribution >= 0.6 is 0 Å². The first-order valence-corrected chi connectivity index (χ1v) is 4.72. The summed E-state index contributed by atoms with van der Waals surface area (Å²) >= 11 is 0. The molecule has 1 aromatic heterocycles. The van der Waals surface area contributed by atoms with Crippen molar-refractivity contribution in [2.24, 2.45) is 0 Å². The Morgan fingerprint density at radius 3 is 2.36 bits per heavy atom. The van der Waals surface area contributed by atoms with Gasteiger partial charge in [-0.05, 0) is 19.4 Å². The van der Waals surface area contributed by atoms with Crippen LogP contribution in [0.2, 0.25) is 0 Å². The van der Waals surface area contributed by atoms with Gasteiger partial charge in [-0.25, -0.2) is 0 Å². The molecule has 0 spiro atoms. The fraction of sp³-hybridized carbons (Fsp3) is 0.500. The maximum atomic E-state index is 5.48. The van der Waals surface area contributed by atoms with E-state index in [1.165, 1.54) is 0 Å². The van der Waals surface area contributed by atoms with Gasteiger partial charge in [0.1, 0.15) is 7.85 Å². The number of hydrogen-bond acceptors (Lipinski definition) is 3. The molecule has 0 unspecified atom stereocenters. The molecule has 1 rings (SSSR count). The summed E-state index contributed by atoms with van der Waals surface area (Å²) in [5.74, 6) is 0. The minimum absolute atomic E-state index is 0.335. The summed E-state index contributed by atoms with van der Waals surface area (Å²) < 4.78 is 10.8. The van der Waals surface area contributed by atoms with Gasteiger partial charge in [0.15, 0.2) is 6.29 Å². The predicted molar refractivity (Wildman–Crippen MR) is 55.6 cm³/mol. The second-order valence-corrected chi connectivity index (χ2v) is 2.76. The van der Waals surface area contributed by atoms with Crippen LogP contribution in [0.3, 0.4) is 0 Å². The molecule has 0 N–H and O–H groups in total. The Morgan fingerprint density at radius 2 is 1.93 bits per heavy atom. The number of rotatable bonds is 5. The average Bonchev–Trinajstić information content (AvgIpc) is 2.19. The van der Waals surface area contributed by atoms with Crippen molar-refractivity contribution in [3.05, 3.63) is 23.9 Å². The van der Waals surface area contributed by atoms with Crippen molar-refractivity contribution in [2.45, 2.75) is 20.1 Å². The van der Waals surface area contributed by atoms with Gasteiger partial charge < -0.3 is 9.47 Å². The van der Waals surface area contributed by atoms with Crippen LogP contribution in [0.5, 0.6) is 0 Å². The molecule has 3 nitrogen and oxygen atoms in total. The maximum Gasteiger partial charge on any atom is 0.185 e. The zero-order chi connectivity index (χ0) is 10.4. The molecule has 0 aromatic carbocycles. The van der Waals surface area contributed by atoms with Crippen LogP contribution in [0.1, 0.15) is 25.7 Å². The zero-order valence-electron chi connectivity index (χ0n) is 8.56. The van der Waals surface area contributed by atoms with Gasteiger partial charge in [-0.2, -0.15) is 0 Å². The molecule has 1 heterocycles. The SMILES string of the molecule is [B]c1ccc(C(OCC)OCC)cn1. The minimum atomic E-state index is -0.335. The van der Waals surface area contributed by atoms with Crippen molar-refractivity contribution in [3.63, 3.8) is 0 Å². The van der Waals surface area contributed by atoms with Gasteiger partial charge in [0, 0.05) is 25.0 Å². The summed E-state index contributed by atoms with van der Waals surface area (Å²) in [5.41, 5.74) is 1.39. The molecular weight excluding hydrogens is 177 g/mol. The van der Waals surface area contributed by atoms with E-state index in [1.807, 2.05) is 19.9 Å². The fourth-order valence-corrected chi connectivity index (χ4v) is 1.10. The second kappa shape index (κ2) is 5.78. The summed E-state index contributed by atoms with van der Waals surface area (Å²) in [6, 6.07) is 3.60. The van der Waals surface area contributed by atoms with Gasteiger partial charge in [0.25, 0.3) is 0 Å². The van der Waals surface area contributed by atoms with Crippen LogP contribution in [0.15, 0.2) is 18.3 Å². The third kappa shape index (κ3) is 3.12. The molecule has 0 fully saturated rings. The first-order chi connectivity index (χ1) is 6.77. The smallest absolute Gasteiger partial charge is 0.185 e. The largest absolute Gasteiger partial charge is 0.349 e. The Morgan fingerprint density at radius 1 is 1.29 bits per heavy atom. The normalized spacial score (nSPS) is 10.8. The quantitative estimate of drug-likeness (QED) is 0.512. The van der Waals surface area contributed by atoms with Gasteiger partial charge in [-0.15, -0.1) is 0 Å². The summed E-state index contributed by atoms with van der Waals surface area (Å²) in [7, 11) is 5.48. The molecule has 4 heteroatoms. The highest BCUT2D eigenvalue weighted by Crippen LogP contribution is 2.16. The Hall–Kier alpha value is -0.865. The summed E-state index contributed by atoms with van der Waals surface area (Å²) in [5, 5.41) is 0. The molecule has 0 saturated heterocycles. The Balaban J connectivity index is 2.71. The number of ether oxygens (including phenoxy) is 2. The highest BCUT2D eigenvalue weighted by Gasteiger charge is 2.10. The Labute approximate surface area is 85.9 Å². The third-order valence-electron chi connectivity index (χ3n) is 1.72. The van der Waals surface area contributed by atoms with E-state index in [-0.39, 0.29) is 6.29 Å². The van der Waals surface area contributed by atoms with Crippen molar-refractivity contribution in [1.29, 1.82) is 0 Å². The standard InChI is InChI=1S/C10H14BNO2/c1-3-13-10(14-4-2)8-5-6-9(11)12-7-8/h5-7,10H,3-4H2,1-2H3. The maximum absolute atomic E-state index is 5.48. The third-order valence-corrected chi connectivity index (χ3v) is 1.72. The molecule has 0 saturated carbocycles. The second-order valence-electron chi connectivity index (χ2n) is 2.76. The van der Waals surface area contributed by atoms with Crippen LogP contribution in [0.25, 0.3) is 0 Å². The molecule has 0 bridgehead atoms. The highest BCUT2D eigenvalue weighted by molar-refractivity contribution is 6.30. The van der Waals surface area contributed by atoms with Crippen LogP contribution in [0.4, 0.5) is 0 Å². The Kier molecular flexibility index (Phi) is 4.63. The van der Waals surface area contributed by atoms with Crippen LogP contribution in [0, 0.1) is 0 Å². The lowest BCUT2D eigenvalue weighted by Gasteiger charge is -2.16. The first kappa shape index (κ1) is 11.2. The predicted octanol–water partition coefficient (Wildman–Crippen LogP) is 0.947. The first-order valence-electron chi connectivity index (χ1n) is 4.72. The number of nitrogens with zero attached hydrogens (tertiary/aromatic N) is 1. The monoisotopic (exact) mass is 191 g/mol. The van der Waals surface area contributed by atoms with Gasteiger partial charge >= 0.3 is 0 Å². The van der Waals surface area contributed by atoms with Crippen molar-refractivity contribution in [1.82, 2.24) is 4.98 Å². The summed E-state index contributed by atoms with van der Waals surface area (Å²) in [6.07, 6.45) is 1.34. The molecule has 0 aliphatic carbocycles. The van der Waals surface area contributed by atoms with E-state index in [4.69, 9.17) is 17.3 Å². The van der Waals surface area contributed by atoms with E-state index in [0.717, 1.165) is 5.56 Å². The molecule has 74 valence electrons. The topological polar surface area (TPSA) is 31.4 Å². The van der Waals surface area contributed by atoms with Crippen molar-refractivity contribution >= 4 is 13.4 Å². The lowest BCUT2D eigenvalue weighted by molar-refractivity contribution is -0.140. The van der Waals surface area contributed by atoms with E-state index in [1.54, 1.807) is 12.3 Å². The molecule has 0 atom stereocenters.